The Bertz CT molecular complexity index is 1170. The third kappa shape index (κ3) is 5.44. The molecule has 0 radical (unpaired) electrons. The van der Waals surface area contributed by atoms with Gasteiger partial charge in [0.05, 0.1) is 15.5 Å². The summed E-state index contributed by atoms with van der Waals surface area (Å²) in [6, 6.07) is 9.42. The van der Waals surface area contributed by atoms with Crippen LogP contribution in [0, 0.1) is 20.8 Å². The summed E-state index contributed by atoms with van der Waals surface area (Å²) >= 11 is 0. The minimum atomic E-state index is -3.94. The van der Waals surface area contributed by atoms with Crippen molar-refractivity contribution in [1.29, 1.82) is 0 Å². The SMILES string of the molecule is Cc1ccc(S(=O)(=O)N(C)c2cc(S(=O)(=O)N(C)CCCC(=O)O)c(C)cc2C)cc1. The highest BCUT2D eigenvalue weighted by molar-refractivity contribution is 7.92. The maximum atomic E-state index is 13.1. The minimum absolute atomic E-state index is 0.0168. The second kappa shape index (κ2) is 9.37. The number of hydrogen-bond donors (Lipinski definition) is 1. The average Bonchev–Trinajstić information content (AvgIpc) is 2.67. The van der Waals surface area contributed by atoms with Crippen LogP contribution in [0.15, 0.2) is 46.2 Å². The molecule has 2 rings (SSSR count). The van der Waals surface area contributed by atoms with Crippen molar-refractivity contribution in [1.82, 2.24) is 4.31 Å². The maximum Gasteiger partial charge on any atom is 0.303 e. The third-order valence-electron chi connectivity index (χ3n) is 5.06. The molecule has 0 amide bonds. The van der Waals surface area contributed by atoms with E-state index in [1.165, 1.54) is 32.3 Å². The summed E-state index contributed by atoms with van der Waals surface area (Å²) in [6.45, 7) is 5.25. The van der Waals surface area contributed by atoms with E-state index in [0.29, 0.717) is 11.1 Å². The largest absolute Gasteiger partial charge is 0.481 e. The van der Waals surface area contributed by atoms with Crippen molar-refractivity contribution in [3.8, 4) is 0 Å². The van der Waals surface area contributed by atoms with Crippen LogP contribution in [0.2, 0.25) is 0 Å². The number of carbonyl (C=O) groups is 1. The van der Waals surface area contributed by atoms with Gasteiger partial charge in [0.1, 0.15) is 0 Å². The van der Waals surface area contributed by atoms with Crippen LogP contribution < -0.4 is 4.31 Å². The van der Waals surface area contributed by atoms with Crippen molar-refractivity contribution >= 4 is 31.7 Å². The zero-order chi connectivity index (χ0) is 23.6. The maximum absolute atomic E-state index is 13.1. The summed E-state index contributed by atoms with van der Waals surface area (Å²) in [6.07, 6.45) is 0.0278. The standard InChI is InChI=1S/C21H28N2O6S2/c1-15-8-10-18(11-9-15)30(26,27)23(5)19-14-20(17(3)13-16(19)2)31(28,29)22(4)12-6-7-21(24)25/h8-11,13-14H,6-7,12H2,1-5H3,(H,24,25). The first-order valence-corrected chi connectivity index (χ1v) is 12.5. The quantitative estimate of drug-likeness (QED) is 0.606. The molecule has 0 spiro atoms. The number of carboxylic acids is 1. The van der Waals surface area contributed by atoms with E-state index in [-0.39, 0.29) is 34.9 Å². The van der Waals surface area contributed by atoms with E-state index in [1.807, 2.05) is 6.92 Å². The normalized spacial score (nSPS) is 12.2. The van der Waals surface area contributed by atoms with Crippen molar-refractivity contribution < 1.29 is 26.7 Å². The molecule has 0 fully saturated rings. The highest BCUT2D eigenvalue weighted by Crippen LogP contribution is 2.31. The summed E-state index contributed by atoms with van der Waals surface area (Å²) in [5.74, 6) is -0.998. The van der Waals surface area contributed by atoms with Gasteiger partial charge in [-0.05, 0) is 56.5 Å². The lowest BCUT2D eigenvalue weighted by atomic mass is 10.1. The second-order valence-electron chi connectivity index (χ2n) is 7.51. The lowest BCUT2D eigenvalue weighted by Crippen LogP contribution is -2.30. The van der Waals surface area contributed by atoms with Gasteiger partial charge in [0.2, 0.25) is 10.0 Å². The van der Waals surface area contributed by atoms with E-state index >= 15 is 0 Å². The Morgan fingerprint density at radius 2 is 1.48 bits per heavy atom. The zero-order valence-electron chi connectivity index (χ0n) is 18.3. The molecule has 8 nitrogen and oxygen atoms in total. The summed E-state index contributed by atoms with van der Waals surface area (Å²) < 4.78 is 54.5. The monoisotopic (exact) mass is 468 g/mol. The molecular weight excluding hydrogens is 440 g/mol. The van der Waals surface area contributed by atoms with Gasteiger partial charge in [0.15, 0.2) is 0 Å². The van der Waals surface area contributed by atoms with Gasteiger partial charge in [0.25, 0.3) is 10.0 Å². The summed E-state index contributed by atoms with van der Waals surface area (Å²) in [5, 5.41) is 8.77. The lowest BCUT2D eigenvalue weighted by Gasteiger charge is -2.24. The number of sulfonamides is 2. The molecule has 0 aliphatic carbocycles. The Balaban J connectivity index is 2.46. The molecule has 0 aliphatic rings. The fourth-order valence-corrected chi connectivity index (χ4v) is 5.86. The lowest BCUT2D eigenvalue weighted by molar-refractivity contribution is -0.137. The average molecular weight is 469 g/mol. The number of aliphatic carboxylic acids is 1. The van der Waals surface area contributed by atoms with Crippen molar-refractivity contribution in [2.45, 2.75) is 43.4 Å². The molecule has 2 aromatic carbocycles. The van der Waals surface area contributed by atoms with Crippen molar-refractivity contribution in [2.24, 2.45) is 0 Å². The first-order chi connectivity index (χ1) is 14.3. The van der Waals surface area contributed by atoms with E-state index < -0.39 is 26.0 Å². The van der Waals surface area contributed by atoms with E-state index in [9.17, 15) is 21.6 Å². The molecule has 0 saturated carbocycles. The summed E-state index contributed by atoms with van der Waals surface area (Å²) in [4.78, 5) is 10.8. The van der Waals surface area contributed by atoms with Crippen LogP contribution in [0.5, 0.6) is 0 Å². The molecule has 31 heavy (non-hydrogen) atoms. The number of aryl methyl sites for hydroxylation is 3. The highest BCUT2D eigenvalue weighted by atomic mass is 32.2. The van der Waals surface area contributed by atoms with Gasteiger partial charge in [-0.2, -0.15) is 0 Å². The number of rotatable bonds is 9. The van der Waals surface area contributed by atoms with E-state index in [2.05, 4.69) is 0 Å². The zero-order valence-corrected chi connectivity index (χ0v) is 19.9. The molecule has 0 heterocycles. The van der Waals surface area contributed by atoms with Gasteiger partial charge >= 0.3 is 5.97 Å². The van der Waals surface area contributed by atoms with Crippen molar-refractivity contribution in [3.05, 3.63) is 53.1 Å². The molecule has 1 N–H and O–H groups in total. The molecule has 0 bridgehead atoms. The molecule has 0 saturated heterocycles. The van der Waals surface area contributed by atoms with E-state index in [4.69, 9.17) is 5.11 Å². The summed E-state index contributed by atoms with van der Waals surface area (Å²) in [5.41, 5.74) is 2.27. The van der Waals surface area contributed by atoms with Crippen LogP contribution in [-0.2, 0) is 24.8 Å². The Kier molecular flexibility index (Phi) is 7.51. The third-order valence-corrected chi connectivity index (χ3v) is 8.85. The van der Waals surface area contributed by atoms with Crippen LogP contribution in [0.4, 0.5) is 5.69 Å². The van der Waals surface area contributed by atoms with Gasteiger partial charge < -0.3 is 5.11 Å². The molecular formula is C21H28N2O6S2. The predicted molar refractivity (Wildman–Crippen MR) is 119 cm³/mol. The Morgan fingerprint density at radius 3 is 2.03 bits per heavy atom. The number of benzene rings is 2. The van der Waals surface area contributed by atoms with Gasteiger partial charge in [-0.1, -0.05) is 23.8 Å². The fourth-order valence-electron chi connectivity index (χ4n) is 3.18. The van der Waals surface area contributed by atoms with E-state index in [1.54, 1.807) is 32.0 Å². The highest BCUT2D eigenvalue weighted by Gasteiger charge is 2.28. The van der Waals surface area contributed by atoms with Crippen molar-refractivity contribution in [2.75, 3.05) is 24.9 Å². The van der Waals surface area contributed by atoms with Crippen molar-refractivity contribution in [3.63, 3.8) is 0 Å². The van der Waals surface area contributed by atoms with Crippen LogP contribution >= 0.6 is 0 Å². The minimum Gasteiger partial charge on any atom is -0.481 e. The molecule has 0 atom stereocenters. The van der Waals surface area contributed by atoms with Gasteiger partial charge in [-0.15, -0.1) is 0 Å². The van der Waals surface area contributed by atoms with Gasteiger partial charge in [0, 0.05) is 27.1 Å². The molecule has 2 aromatic rings. The second-order valence-corrected chi connectivity index (χ2v) is 11.5. The smallest absolute Gasteiger partial charge is 0.303 e. The number of carboxylic acid groups (broad SMARTS) is 1. The van der Waals surface area contributed by atoms with Gasteiger partial charge in [-0.25, -0.2) is 21.1 Å². The first-order valence-electron chi connectivity index (χ1n) is 9.63. The number of nitrogens with zero attached hydrogens (tertiary/aromatic N) is 2. The molecule has 10 heteroatoms. The number of hydrogen-bond acceptors (Lipinski definition) is 5. The molecule has 0 unspecified atom stereocenters. The van der Waals surface area contributed by atoms with E-state index in [0.717, 1.165) is 14.2 Å². The first kappa shape index (κ1) is 24.8. The molecule has 170 valence electrons. The van der Waals surface area contributed by atoms with Crippen LogP contribution in [0.3, 0.4) is 0 Å². The Hall–Kier alpha value is -2.43. The summed E-state index contributed by atoms with van der Waals surface area (Å²) in [7, 11) is -5.06. The molecule has 0 aromatic heterocycles. The molecule has 0 aliphatic heterocycles. The number of anilines is 1. The van der Waals surface area contributed by atoms with Crippen LogP contribution in [0.25, 0.3) is 0 Å². The Morgan fingerprint density at radius 1 is 0.903 bits per heavy atom. The van der Waals surface area contributed by atoms with Crippen LogP contribution in [-0.4, -0.2) is 52.9 Å². The Labute approximate surface area is 184 Å². The fraction of sp³-hybridized carbons (Fsp3) is 0.381. The van der Waals surface area contributed by atoms with Crippen LogP contribution in [0.1, 0.15) is 29.5 Å². The van der Waals surface area contributed by atoms with Gasteiger partial charge in [-0.3, -0.25) is 9.10 Å². The topological polar surface area (TPSA) is 112 Å². The predicted octanol–water partition coefficient (Wildman–Crippen LogP) is 2.92.